The van der Waals surface area contributed by atoms with Gasteiger partial charge in [-0.3, -0.25) is 9.78 Å². The monoisotopic (exact) mass is 257 g/mol. The predicted molar refractivity (Wildman–Crippen MR) is 57.0 cm³/mol. The third-order valence-electron chi connectivity index (χ3n) is 2.44. The van der Waals surface area contributed by atoms with Crippen molar-refractivity contribution in [2.24, 2.45) is 0 Å². The second-order valence-corrected chi connectivity index (χ2v) is 3.66. The Morgan fingerprint density at radius 3 is 2.61 bits per heavy atom. The second-order valence-electron chi connectivity index (χ2n) is 3.66. The summed E-state index contributed by atoms with van der Waals surface area (Å²) in [6.45, 7) is 0. The zero-order chi connectivity index (χ0) is 13.3. The molecule has 1 aromatic heterocycles. The van der Waals surface area contributed by atoms with E-state index in [0.717, 1.165) is 12.1 Å². The van der Waals surface area contributed by atoms with E-state index < -0.39 is 23.7 Å². The van der Waals surface area contributed by atoms with Gasteiger partial charge in [-0.15, -0.1) is 0 Å². The van der Waals surface area contributed by atoms with Crippen LogP contribution in [-0.4, -0.2) is 23.1 Å². The van der Waals surface area contributed by atoms with E-state index in [2.05, 4.69) is 4.98 Å². The van der Waals surface area contributed by atoms with Crippen LogP contribution >= 0.6 is 0 Å². The molecule has 0 radical (unpaired) electrons. The van der Waals surface area contributed by atoms with Crippen LogP contribution in [0.4, 0.5) is 17.6 Å². The van der Waals surface area contributed by atoms with Gasteiger partial charge in [-0.25, -0.2) is 8.78 Å². The van der Waals surface area contributed by atoms with Crippen LogP contribution in [-0.2, 0) is 0 Å². The number of fused-ring (bicyclic) bond motifs is 1. The zero-order valence-electron chi connectivity index (χ0n) is 8.91. The molecular weight excluding hydrogens is 250 g/mol. The minimum atomic E-state index is -4.67. The number of alkyl halides is 4. The van der Waals surface area contributed by atoms with Gasteiger partial charge in [-0.1, -0.05) is 6.07 Å². The van der Waals surface area contributed by atoms with Gasteiger partial charge in [0.25, 0.3) is 0 Å². The maximum Gasteiger partial charge on any atom is 0.368 e. The molecule has 0 aliphatic carbocycles. The number of nitrogens with zero attached hydrogens (tertiary/aromatic N) is 1. The molecule has 2 aromatic rings. The normalized spacial score (nSPS) is 12.1. The molecule has 0 amide bonds. The first kappa shape index (κ1) is 12.5. The van der Waals surface area contributed by atoms with Gasteiger partial charge < -0.3 is 0 Å². The lowest BCUT2D eigenvalue weighted by atomic mass is 10.0. The lowest BCUT2D eigenvalue weighted by molar-refractivity contribution is -0.0958. The summed E-state index contributed by atoms with van der Waals surface area (Å²) in [6.07, 6.45) is -2.52. The van der Waals surface area contributed by atoms with Crippen molar-refractivity contribution in [2.75, 3.05) is 0 Å². The molecule has 0 bridgehead atoms. The molecule has 0 atom stereocenters. The van der Waals surface area contributed by atoms with Gasteiger partial charge in [-0.2, -0.15) is 8.78 Å². The number of hydrogen-bond donors (Lipinski definition) is 0. The number of halogens is 4. The first-order valence-electron chi connectivity index (χ1n) is 4.98. The summed E-state index contributed by atoms with van der Waals surface area (Å²) in [5.41, 5.74) is 0.0372. The Morgan fingerprint density at radius 2 is 1.94 bits per heavy atom. The molecule has 1 heterocycles. The topological polar surface area (TPSA) is 30.0 Å². The third-order valence-corrected chi connectivity index (χ3v) is 2.44. The van der Waals surface area contributed by atoms with Crippen molar-refractivity contribution in [3.63, 3.8) is 0 Å². The maximum absolute atomic E-state index is 12.9. The third kappa shape index (κ3) is 2.05. The summed E-state index contributed by atoms with van der Waals surface area (Å²) in [6, 6.07) is 6.64. The number of pyridine rings is 1. The average molecular weight is 257 g/mol. The first-order valence-corrected chi connectivity index (χ1v) is 4.98. The van der Waals surface area contributed by atoms with Crippen LogP contribution in [0.15, 0.2) is 36.5 Å². The molecule has 18 heavy (non-hydrogen) atoms. The molecule has 0 aliphatic rings. The number of aromatic nitrogens is 1. The summed E-state index contributed by atoms with van der Waals surface area (Å²) in [5.74, 6) is -6.56. The summed E-state index contributed by atoms with van der Waals surface area (Å²) in [4.78, 5) is 15.2. The molecule has 0 saturated heterocycles. The van der Waals surface area contributed by atoms with E-state index in [4.69, 9.17) is 0 Å². The van der Waals surface area contributed by atoms with E-state index in [1.165, 1.54) is 12.3 Å². The molecule has 6 heteroatoms. The standard InChI is InChI=1S/C12H7F4NO/c13-11(14)12(15,16)10(18)8-3-4-9-7(6-8)2-1-5-17-9/h1-6,11H. The molecule has 2 rings (SSSR count). The van der Waals surface area contributed by atoms with E-state index in [-0.39, 0.29) is 0 Å². The van der Waals surface area contributed by atoms with Crippen molar-refractivity contribution < 1.29 is 22.4 Å². The lowest BCUT2D eigenvalue weighted by Gasteiger charge is -2.13. The van der Waals surface area contributed by atoms with Crippen LogP contribution in [0.3, 0.4) is 0 Å². The fourth-order valence-electron chi connectivity index (χ4n) is 1.51. The van der Waals surface area contributed by atoms with Gasteiger partial charge in [0.05, 0.1) is 5.52 Å². The number of carbonyl (C=O) groups excluding carboxylic acids is 1. The first-order chi connectivity index (χ1) is 8.43. The van der Waals surface area contributed by atoms with Crippen LogP contribution in [0.1, 0.15) is 10.4 Å². The Balaban J connectivity index is 2.46. The fraction of sp³-hybridized carbons (Fsp3) is 0.167. The van der Waals surface area contributed by atoms with Gasteiger partial charge in [0, 0.05) is 17.1 Å². The van der Waals surface area contributed by atoms with E-state index >= 15 is 0 Å². The lowest BCUT2D eigenvalue weighted by Crippen LogP contribution is -2.36. The number of hydrogen-bond acceptors (Lipinski definition) is 2. The maximum atomic E-state index is 12.9. The Morgan fingerprint density at radius 1 is 1.22 bits per heavy atom. The van der Waals surface area contributed by atoms with E-state index in [1.807, 2.05) is 0 Å². The highest BCUT2D eigenvalue weighted by Crippen LogP contribution is 2.28. The minimum absolute atomic E-state index is 0.438. The predicted octanol–water partition coefficient (Wildman–Crippen LogP) is 3.32. The van der Waals surface area contributed by atoms with Crippen LogP contribution in [0.25, 0.3) is 10.9 Å². The summed E-state index contributed by atoms with van der Waals surface area (Å²) >= 11 is 0. The van der Waals surface area contributed by atoms with Crippen LogP contribution in [0.5, 0.6) is 0 Å². The largest absolute Gasteiger partial charge is 0.368 e. The molecule has 0 fully saturated rings. The molecule has 0 aliphatic heterocycles. The molecular formula is C12H7F4NO. The fourth-order valence-corrected chi connectivity index (χ4v) is 1.51. The van der Waals surface area contributed by atoms with Gasteiger partial charge in [0.15, 0.2) is 0 Å². The van der Waals surface area contributed by atoms with E-state index in [9.17, 15) is 22.4 Å². The van der Waals surface area contributed by atoms with Crippen molar-refractivity contribution in [1.29, 1.82) is 0 Å². The van der Waals surface area contributed by atoms with E-state index in [1.54, 1.807) is 12.1 Å². The van der Waals surface area contributed by atoms with Crippen molar-refractivity contribution in [3.05, 3.63) is 42.1 Å². The van der Waals surface area contributed by atoms with Crippen LogP contribution in [0, 0.1) is 0 Å². The van der Waals surface area contributed by atoms with Crippen molar-refractivity contribution in [1.82, 2.24) is 4.98 Å². The molecule has 0 spiro atoms. The molecule has 1 aromatic carbocycles. The van der Waals surface area contributed by atoms with Crippen LogP contribution < -0.4 is 0 Å². The number of Topliss-reactive ketones (excluding diaryl/α,β-unsaturated/α-hetero) is 1. The van der Waals surface area contributed by atoms with Crippen molar-refractivity contribution in [2.45, 2.75) is 12.3 Å². The van der Waals surface area contributed by atoms with Gasteiger partial charge in [0.2, 0.25) is 5.78 Å². The molecule has 0 saturated carbocycles. The summed E-state index contributed by atoms with van der Waals surface area (Å²) in [7, 11) is 0. The molecule has 2 nitrogen and oxygen atoms in total. The van der Waals surface area contributed by atoms with Crippen molar-refractivity contribution >= 4 is 16.7 Å². The number of benzene rings is 1. The molecule has 94 valence electrons. The highest BCUT2D eigenvalue weighted by Gasteiger charge is 2.48. The molecule has 0 N–H and O–H groups in total. The number of ketones is 1. The zero-order valence-corrected chi connectivity index (χ0v) is 8.91. The smallest absolute Gasteiger partial charge is 0.287 e. The van der Waals surface area contributed by atoms with Crippen molar-refractivity contribution in [3.8, 4) is 0 Å². The SMILES string of the molecule is O=C(c1ccc2ncccc2c1)C(F)(F)C(F)F. The Kier molecular flexibility index (Phi) is 3.02. The Bertz CT molecular complexity index is 597. The Hall–Kier alpha value is -1.98. The van der Waals surface area contributed by atoms with Gasteiger partial charge >= 0.3 is 12.3 Å². The second kappa shape index (κ2) is 4.36. The number of rotatable bonds is 3. The number of carbonyl (C=O) groups is 1. The quantitative estimate of drug-likeness (QED) is 0.623. The molecule has 0 unspecified atom stereocenters. The van der Waals surface area contributed by atoms with Gasteiger partial charge in [-0.05, 0) is 24.3 Å². The minimum Gasteiger partial charge on any atom is -0.287 e. The Labute approximate surface area is 99.3 Å². The summed E-state index contributed by atoms with van der Waals surface area (Å²) < 4.78 is 50.0. The average Bonchev–Trinajstić information content (AvgIpc) is 2.37. The highest BCUT2D eigenvalue weighted by molar-refractivity contribution is 6.03. The summed E-state index contributed by atoms with van der Waals surface area (Å²) in [5, 5.41) is 0.438. The highest BCUT2D eigenvalue weighted by atomic mass is 19.3. The van der Waals surface area contributed by atoms with E-state index in [0.29, 0.717) is 10.9 Å². The van der Waals surface area contributed by atoms with Gasteiger partial charge in [0.1, 0.15) is 0 Å². The van der Waals surface area contributed by atoms with Crippen LogP contribution in [0.2, 0.25) is 0 Å².